The van der Waals surface area contributed by atoms with Crippen LogP contribution in [0.1, 0.15) is 25.7 Å². The van der Waals surface area contributed by atoms with Crippen LogP contribution in [0.25, 0.3) is 0 Å². The number of hydrogen-bond acceptors (Lipinski definition) is 5. The number of urea groups is 1. The van der Waals surface area contributed by atoms with Crippen LogP contribution in [-0.2, 0) is 4.79 Å². The number of carboxylic acid groups (broad SMARTS) is 1. The molecule has 0 heterocycles. The summed E-state index contributed by atoms with van der Waals surface area (Å²) in [6.07, 6.45) is 2.53. The van der Waals surface area contributed by atoms with Crippen molar-refractivity contribution in [2.45, 2.75) is 37.8 Å². The summed E-state index contributed by atoms with van der Waals surface area (Å²) in [5.41, 5.74) is 0. The van der Waals surface area contributed by atoms with Gasteiger partial charge in [0.15, 0.2) is 0 Å². The minimum Gasteiger partial charge on any atom is -0.483 e. The van der Waals surface area contributed by atoms with Gasteiger partial charge in [-0.15, -0.1) is 16.5 Å². The Morgan fingerprint density at radius 1 is 1.42 bits per heavy atom. The van der Waals surface area contributed by atoms with Gasteiger partial charge in [-0.05, 0) is 25.7 Å². The number of halogens is 1. The van der Waals surface area contributed by atoms with Crippen LogP contribution in [0, 0.1) is 4.91 Å². The molecule has 1 fully saturated rings. The second-order valence-corrected chi connectivity index (χ2v) is 4.33. The summed E-state index contributed by atoms with van der Waals surface area (Å²) in [4.78, 5) is 30.2. The Balaban J connectivity index is 0.000000982. The molecule has 0 aliphatic heterocycles. The predicted octanol–water partition coefficient (Wildman–Crippen LogP) is 0.923. The van der Waals surface area contributed by atoms with E-state index in [2.05, 4.69) is 10.6 Å². The highest BCUT2D eigenvalue weighted by molar-refractivity contribution is 6.18. The minimum absolute atomic E-state index is 0.00970. The summed E-state index contributed by atoms with van der Waals surface area (Å²) in [6.45, 7) is -0.147. The van der Waals surface area contributed by atoms with E-state index in [4.69, 9.17) is 21.5 Å². The lowest BCUT2D eigenvalue weighted by Crippen LogP contribution is -2.44. The zero-order chi connectivity index (χ0) is 14.7. The molecule has 19 heavy (non-hydrogen) atoms. The summed E-state index contributed by atoms with van der Waals surface area (Å²) in [5, 5.41) is 22.3. The molecule has 0 saturated heterocycles. The van der Waals surface area contributed by atoms with Crippen molar-refractivity contribution >= 4 is 24.1 Å². The molecule has 1 saturated carbocycles. The van der Waals surface area contributed by atoms with Crippen molar-refractivity contribution in [2.24, 2.45) is 5.29 Å². The minimum atomic E-state index is -0.517. The summed E-state index contributed by atoms with van der Waals surface area (Å²) >= 11 is 5.43. The van der Waals surface area contributed by atoms with E-state index in [0.29, 0.717) is 12.8 Å². The van der Waals surface area contributed by atoms with Crippen LogP contribution < -0.4 is 5.32 Å². The monoisotopic (exact) mass is 295 g/mol. The molecule has 0 bridgehead atoms. The summed E-state index contributed by atoms with van der Waals surface area (Å²) in [5.74, 6) is 0.169. The molecule has 1 rings (SSSR count). The molecule has 1 aliphatic rings. The lowest BCUT2D eigenvalue weighted by atomic mass is 9.93. The fourth-order valence-electron chi connectivity index (χ4n) is 1.73. The highest BCUT2D eigenvalue weighted by Crippen LogP contribution is 2.18. The van der Waals surface area contributed by atoms with Gasteiger partial charge in [-0.2, -0.15) is 5.01 Å². The number of carbonyl (C=O) groups is 2. The third-order valence-corrected chi connectivity index (χ3v) is 2.82. The number of alkyl halides is 1. The first-order chi connectivity index (χ1) is 9.08. The van der Waals surface area contributed by atoms with Crippen LogP contribution >= 0.6 is 11.6 Å². The van der Waals surface area contributed by atoms with Gasteiger partial charge in [0.05, 0.1) is 17.9 Å². The van der Waals surface area contributed by atoms with Gasteiger partial charge in [-0.1, -0.05) is 0 Å². The van der Waals surface area contributed by atoms with Crippen molar-refractivity contribution in [3.63, 3.8) is 0 Å². The van der Waals surface area contributed by atoms with Crippen LogP contribution in [0.2, 0.25) is 0 Å². The molecule has 0 atom stereocenters. The summed E-state index contributed by atoms with van der Waals surface area (Å²) < 4.78 is 0. The van der Waals surface area contributed by atoms with Crippen molar-refractivity contribution in [2.75, 3.05) is 12.4 Å². The Hall–Kier alpha value is -1.41. The number of nitrogens with one attached hydrogen (secondary N) is 1. The second kappa shape index (κ2) is 10.5. The summed E-state index contributed by atoms with van der Waals surface area (Å²) in [7, 11) is 0. The van der Waals surface area contributed by atoms with Gasteiger partial charge in [0, 0.05) is 11.9 Å². The topological polar surface area (TPSA) is 119 Å². The quantitative estimate of drug-likeness (QED) is 0.308. The number of hydrogen-bond donors (Lipinski definition) is 3. The van der Waals surface area contributed by atoms with Crippen molar-refractivity contribution < 1.29 is 19.8 Å². The average molecular weight is 296 g/mol. The van der Waals surface area contributed by atoms with Gasteiger partial charge >= 0.3 is 6.03 Å². The second-order valence-electron chi connectivity index (χ2n) is 3.95. The molecule has 0 radical (unpaired) electrons. The number of nitroso groups, excluding NO2 is 1. The van der Waals surface area contributed by atoms with E-state index in [9.17, 15) is 14.8 Å². The average Bonchev–Trinajstić information content (AvgIpc) is 2.39. The maximum atomic E-state index is 11.5. The van der Waals surface area contributed by atoms with Crippen LogP contribution in [-0.4, -0.2) is 52.3 Å². The number of aliphatic hydroxyl groups excluding tert-OH is 1. The van der Waals surface area contributed by atoms with E-state index in [1.54, 1.807) is 0 Å². The van der Waals surface area contributed by atoms with Crippen molar-refractivity contribution in [1.29, 1.82) is 0 Å². The SMILES string of the molecule is O=CO.O=NN(CCCl)C(=O)NC1CCC(O)CC1. The Morgan fingerprint density at radius 3 is 2.37 bits per heavy atom. The zero-order valence-electron chi connectivity index (χ0n) is 10.4. The fraction of sp³-hybridized carbons (Fsp3) is 0.800. The molecular formula is C10H18ClN3O5. The van der Waals surface area contributed by atoms with Gasteiger partial charge < -0.3 is 15.5 Å². The first-order valence-corrected chi connectivity index (χ1v) is 6.35. The molecule has 1 aliphatic carbocycles. The third kappa shape index (κ3) is 7.58. The fourth-order valence-corrected chi connectivity index (χ4v) is 1.89. The highest BCUT2D eigenvalue weighted by Gasteiger charge is 2.23. The molecule has 9 heteroatoms. The first-order valence-electron chi connectivity index (χ1n) is 5.82. The zero-order valence-corrected chi connectivity index (χ0v) is 11.1. The van der Waals surface area contributed by atoms with Crippen LogP contribution in [0.3, 0.4) is 0 Å². The van der Waals surface area contributed by atoms with Gasteiger partial charge in [0.2, 0.25) is 0 Å². The normalized spacial score (nSPS) is 21.6. The molecule has 0 spiro atoms. The molecule has 0 aromatic rings. The molecule has 2 amide bonds. The van der Waals surface area contributed by atoms with Crippen LogP contribution in [0.15, 0.2) is 5.29 Å². The van der Waals surface area contributed by atoms with Gasteiger partial charge in [-0.3, -0.25) is 4.79 Å². The molecule has 0 aromatic carbocycles. The number of rotatable bonds is 4. The highest BCUT2D eigenvalue weighted by atomic mass is 35.5. The van der Waals surface area contributed by atoms with E-state index in [1.807, 2.05) is 0 Å². The summed E-state index contributed by atoms with van der Waals surface area (Å²) in [6, 6.07) is -0.507. The lowest BCUT2D eigenvalue weighted by Gasteiger charge is -2.27. The van der Waals surface area contributed by atoms with E-state index in [-0.39, 0.29) is 31.0 Å². The number of carbonyl (C=O) groups excluding carboxylic acids is 1. The Morgan fingerprint density at radius 2 is 1.95 bits per heavy atom. The molecule has 8 nitrogen and oxygen atoms in total. The van der Waals surface area contributed by atoms with Crippen molar-refractivity contribution in [3.8, 4) is 0 Å². The molecule has 3 N–H and O–H groups in total. The molecular weight excluding hydrogens is 278 g/mol. The van der Waals surface area contributed by atoms with Gasteiger partial charge in [0.1, 0.15) is 0 Å². The maximum absolute atomic E-state index is 11.5. The van der Waals surface area contributed by atoms with E-state index >= 15 is 0 Å². The Bertz CT molecular complexity index is 284. The molecule has 110 valence electrons. The van der Waals surface area contributed by atoms with E-state index < -0.39 is 6.03 Å². The van der Waals surface area contributed by atoms with Crippen LogP contribution in [0.5, 0.6) is 0 Å². The number of nitrogens with zero attached hydrogens (tertiary/aromatic N) is 2. The lowest BCUT2D eigenvalue weighted by molar-refractivity contribution is -0.122. The van der Waals surface area contributed by atoms with Crippen molar-refractivity contribution in [1.82, 2.24) is 10.3 Å². The largest absolute Gasteiger partial charge is 0.483 e. The van der Waals surface area contributed by atoms with E-state index in [0.717, 1.165) is 17.9 Å². The van der Waals surface area contributed by atoms with E-state index in [1.165, 1.54) is 0 Å². The molecule has 0 aromatic heterocycles. The van der Waals surface area contributed by atoms with Crippen molar-refractivity contribution in [3.05, 3.63) is 4.91 Å². The van der Waals surface area contributed by atoms with Gasteiger partial charge in [0.25, 0.3) is 6.47 Å². The third-order valence-electron chi connectivity index (χ3n) is 2.65. The van der Waals surface area contributed by atoms with Gasteiger partial charge in [-0.25, -0.2) is 4.79 Å². The standard InChI is InChI=1S/C9H16ClN3O3.CH2O2/c10-5-6-13(12-16)9(15)11-7-1-3-8(14)4-2-7;2-1-3/h7-8,14H,1-6H2,(H,11,15);1H,(H,2,3). The Kier molecular flexibility index (Phi) is 9.73. The number of amides is 2. The molecule has 0 unspecified atom stereocenters. The Labute approximate surface area is 115 Å². The predicted molar refractivity (Wildman–Crippen MR) is 68.7 cm³/mol. The maximum Gasteiger partial charge on any atom is 0.340 e. The first kappa shape index (κ1) is 17.6. The smallest absolute Gasteiger partial charge is 0.340 e. The van der Waals surface area contributed by atoms with Crippen LogP contribution in [0.4, 0.5) is 4.79 Å². The number of aliphatic hydroxyl groups is 1.